The third kappa shape index (κ3) is 2.74. The Bertz CT molecular complexity index is 1010. The van der Waals surface area contributed by atoms with Gasteiger partial charge in [0, 0.05) is 12.4 Å². The van der Waals surface area contributed by atoms with Crippen molar-refractivity contribution in [2.75, 3.05) is 18.5 Å². The molecule has 1 unspecified atom stereocenters. The van der Waals surface area contributed by atoms with Gasteiger partial charge in [0.1, 0.15) is 11.3 Å². The fourth-order valence-corrected chi connectivity index (χ4v) is 3.45. The van der Waals surface area contributed by atoms with E-state index in [-0.39, 0.29) is 24.1 Å². The summed E-state index contributed by atoms with van der Waals surface area (Å²) in [4.78, 5) is 26.7. The summed E-state index contributed by atoms with van der Waals surface area (Å²) in [7, 11) is 1.54. The van der Waals surface area contributed by atoms with Crippen LogP contribution in [0.25, 0.3) is 11.0 Å². The van der Waals surface area contributed by atoms with Crippen molar-refractivity contribution in [1.29, 1.82) is 0 Å². The number of rotatable bonds is 2. The maximum atomic E-state index is 13.1. The molecule has 1 aliphatic heterocycles. The predicted molar refractivity (Wildman–Crippen MR) is 101 cm³/mol. The second-order valence-electron chi connectivity index (χ2n) is 5.87. The first kappa shape index (κ1) is 16.7. The first-order valence-electron chi connectivity index (χ1n) is 8.05. The fraction of sp³-hybridized carbons (Fsp3) is 0.158. The van der Waals surface area contributed by atoms with Crippen molar-refractivity contribution < 1.29 is 18.7 Å². The number of halogens is 1. The lowest BCUT2D eigenvalue weighted by molar-refractivity contribution is -0.127. The molecular weight excluding hydrogens is 400 g/mol. The van der Waals surface area contributed by atoms with Crippen LogP contribution in [0, 0.1) is 0 Å². The molecule has 0 radical (unpaired) electrons. The first-order valence-corrected chi connectivity index (χ1v) is 8.85. The summed E-state index contributed by atoms with van der Waals surface area (Å²) in [5.41, 5.74) is 1.22. The zero-order valence-electron chi connectivity index (χ0n) is 13.9. The quantitative estimate of drug-likeness (QED) is 0.697. The highest BCUT2D eigenvalue weighted by molar-refractivity contribution is 9.10. The minimum Gasteiger partial charge on any atom is -0.477 e. The number of benzene rings is 2. The summed E-state index contributed by atoms with van der Waals surface area (Å²) in [6, 6.07) is 14.4. The van der Waals surface area contributed by atoms with E-state index in [2.05, 4.69) is 21.2 Å². The molecular formula is C19H15BrN2O4. The number of amides is 2. The second-order valence-corrected chi connectivity index (χ2v) is 6.73. The van der Waals surface area contributed by atoms with Gasteiger partial charge >= 0.3 is 0 Å². The molecule has 7 heteroatoms. The van der Waals surface area contributed by atoms with Gasteiger partial charge < -0.3 is 14.5 Å². The molecule has 4 rings (SSSR count). The molecule has 0 saturated carbocycles. The van der Waals surface area contributed by atoms with Crippen LogP contribution in [0.2, 0.25) is 0 Å². The van der Waals surface area contributed by atoms with E-state index < -0.39 is 6.10 Å². The normalized spacial score (nSPS) is 16.1. The van der Waals surface area contributed by atoms with Gasteiger partial charge in [-0.3, -0.25) is 14.5 Å². The zero-order chi connectivity index (χ0) is 18.3. The van der Waals surface area contributed by atoms with Gasteiger partial charge in [0.15, 0.2) is 11.9 Å². The van der Waals surface area contributed by atoms with Crippen LogP contribution in [-0.2, 0) is 4.79 Å². The Hall–Kier alpha value is -2.80. The zero-order valence-corrected chi connectivity index (χ0v) is 15.4. The molecule has 2 heterocycles. The Labute approximate surface area is 157 Å². The van der Waals surface area contributed by atoms with E-state index in [0.29, 0.717) is 17.0 Å². The number of nitrogens with zero attached hydrogens (tertiary/aromatic N) is 1. The Morgan fingerprint density at radius 3 is 2.77 bits per heavy atom. The molecule has 2 aromatic carbocycles. The minimum atomic E-state index is -0.782. The van der Waals surface area contributed by atoms with Gasteiger partial charge in [-0.05, 0) is 40.2 Å². The number of para-hydroxylation sites is 3. The summed E-state index contributed by atoms with van der Waals surface area (Å²) in [5.74, 6) is 0.0830. The lowest BCUT2D eigenvalue weighted by Crippen LogP contribution is -2.50. The number of carbonyl (C=O) groups excluding carboxylic acids is 2. The van der Waals surface area contributed by atoms with Crippen LogP contribution < -0.4 is 15.0 Å². The summed E-state index contributed by atoms with van der Waals surface area (Å²) < 4.78 is 12.3. The van der Waals surface area contributed by atoms with E-state index in [9.17, 15) is 9.59 Å². The Balaban J connectivity index is 1.75. The van der Waals surface area contributed by atoms with E-state index in [1.165, 1.54) is 11.9 Å². The van der Waals surface area contributed by atoms with Gasteiger partial charge in [-0.2, -0.15) is 0 Å². The Morgan fingerprint density at radius 1 is 1.19 bits per heavy atom. The van der Waals surface area contributed by atoms with Crippen molar-refractivity contribution in [3.8, 4) is 5.75 Å². The van der Waals surface area contributed by atoms with Gasteiger partial charge in [-0.25, -0.2) is 0 Å². The highest BCUT2D eigenvalue weighted by atomic mass is 79.9. The summed E-state index contributed by atoms with van der Waals surface area (Å²) in [6.45, 7) is 0.105. The van der Waals surface area contributed by atoms with Crippen molar-refractivity contribution in [3.05, 3.63) is 58.8 Å². The average molecular weight is 415 g/mol. The molecule has 0 saturated heterocycles. The first-order chi connectivity index (χ1) is 12.6. The molecule has 1 aliphatic rings. The third-order valence-corrected chi connectivity index (χ3v) is 4.89. The lowest BCUT2D eigenvalue weighted by Gasteiger charge is -2.33. The van der Waals surface area contributed by atoms with Gasteiger partial charge in [0.2, 0.25) is 0 Å². The lowest BCUT2D eigenvalue weighted by atomic mass is 10.1. The van der Waals surface area contributed by atoms with Gasteiger partial charge in [-0.1, -0.05) is 24.3 Å². The number of nitrogens with one attached hydrogen (secondary N) is 1. The maximum Gasteiger partial charge on any atom is 0.294 e. The topological polar surface area (TPSA) is 71.8 Å². The van der Waals surface area contributed by atoms with Crippen LogP contribution >= 0.6 is 15.9 Å². The van der Waals surface area contributed by atoms with E-state index in [0.717, 1.165) is 9.86 Å². The number of fused-ring (bicyclic) bond motifs is 2. The molecule has 132 valence electrons. The molecule has 6 nitrogen and oxygen atoms in total. The maximum absolute atomic E-state index is 13.1. The number of carbonyl (C=O) groups is 2. The van der Waals surface area contributed by atoms with E-state index in [1.807, 2.05) is 24.3 Å². The van der Waals surface area contributed by atoms with Gasteiger partial charge in [-0.15, -0.1) is 0 Å². The van der Waals surface area contributed by atoms with Crippen LogP contribution in [0.15, 0.2) is 57.4 Å². The standard InChI is InChI=1S/C19H15BrN2O4/c1-21-18(23)16-10-22(13-7-2-3-8-14(13)25-16)19(24)15-9-11-5-4-6-12(20)17(11)26-15/h2-9,16H,10H2,1H3,(H,21,23). The molecule has 1 aromatic heterocycles. The molecule has 1 N–H and O–H groups in total. The van der Waals surface area contributed by atoms with Crippen molar-refractivity contribution in [1.82, 2.24) is 5.32 Å². The molecule has 2 amide bonds. The molecule has 3 aromatic rings. The number of hydrogen-bond acceptors (Lipinski definition) is 4. The van der Waals surface area contributed by atoms with E-state index in [4.69, 9.17) is 9.15 Å². The SMILES string of the molecule is CNC(=O)C1CN(C(=O)c2cc3cccc(Br)c3o2)c2ccccc2O1. The van der Waals surface area contributed by atoms with Gasteiger partial charge in [0.05, 0.1) is 16.7 Å². The summed E-state index contributed by atoms with van der Waals surface area (Å²) >= 11 is 3.43. The van der Waals surface area contributed by atoms with Crippen molar-refractivity contribution in [2.24, 2.45) is 0 Å². The average Bonchev–Trinajstić information content (AvgIpc) is 3.11. The Morgan fingerprint density at radius 2 is 2.00 bits per heavy atom. The summed E-state index contributed by atoms with van der Waals surface area (Å²) in [5, 5.41) is 3.39. The number of ether oxygens (including phenoxy) is 1. The number of furan rings is 1. The monoisotopic (exact) mass is 414 g/mol. The van der Waals surface area contributed by atoms with Crippen LogP contribution in [0.4, 0.5) is 5.69 Å². The number of hydrogen-bond donors (Lipinski definition) is 1. The molecule has 0 fully saturated rings. The smallest absolute Gasteiger partial charge is 0.294 e. The van der Waals surface area contributed by atoms with Crippen LogP contribution in [0.3, 0.4) is 0 Å². The molecule has 1 atom stereocenters. The Kier molecular flexibility index (Phi) is 4.16. The number of anilines is 1. The molecule has 0 aliphatic carbocycles. The second kappa shape index (κ2) is 6.49. The number of likely N-dealkylation sites (N-methyl/N-ethyl adjacent to an activating group) is 1. The largest absolute Gasteiger partial charge is 0.477 e. The van der Waals surface area contributed by atoms with Crippen molar-refractivity contribution in [3.63, 3.8) is 0 Å². The van der Waals surface area contributed by atoms with Crippen LogP contribution in [0.5, 0.6) is 5.75 Å². The third-order valence-electron chi connectivity index (χ3n) is 4.26. The van der Waals surface area contributed by atoms with Crippen molar-refractivity contribution in [2.45, 2.75) is 6.10 Å². The van der Waals surface area contributed by atoms with Crippen molar-refractivity contribution >= 4 is 44.4 Å². The van der Waals surface area contributed by atoms with Gasteiger partial charge in [0.25, 0.3) is 11.8 Å². The van der Waals surface area contributed by atoms with Crippen LogP contribution in [-0.4, -0.2) is 31.5 Å². The van der Waals surface area contributed by atoms with E-state index in [1.54, 1.807) is 24.3 Å². The molecule has 0 bridgehead atoms. The van der Waals surface area contributed by atoms with E-state index >= 15 is 0 Å². The molecule has 0 spiro atoms. The fourth-order valence-electron chi connectivity index (χ4n) is 2.99. The highest BCUT2D eigenvalue weighted by Gasteiger charge is 2.34. The minimum absolute atomic E-state index is 0.105. The molecule has 26 heavy (non-hydrogen) atoms. The summed E-state index contributed by atoms with van der Waals surface area (Å²) in [6.07, 6.45) is -0.782. The predicted octanol–water partition coefficient (Wildman–Crippen LogP) is 3.35. The highest BCUT2D eigenvalue weighted by Crippen LogP contribution is 2.35. The van der Waals surface area contributed by atoms with Crippen LogP contribution in [0.1, 0.15) is 10.6 Å².